The zero-order chi connectivity index (χ0) is 10.1. The molecule has 0 amide bonds. The fourth-order valence-corrected chi connectivity index (χ4v) is 2.04. The van der Waals surface area contributed by atoms with Crippen molar-refractivity contribution >= 4 is 17.6 Å². The van der Waals surface area contributed by atoms with Crippen LogP contribution in [-0.2, 0) is 0 Å². The predicted molar refractivity (Wildman–Crippen MR) is 53.6 cm³/mol. The van der Waals surface area contributed by atoms with E-state index < -0.39 is 0 Å². The zero-order valence-corrected chi connectivity index (χ0v) is 8.11. The van der Waals surface area contributed by atoms with Gasteiger partial charge in [0.2, 0.25) is 0 Å². The number of rotatable bonds is 3. The van der Waals surface area contributed by atoms with E-state index in [2.05, 4.69) is 0 Å². The molecule has 5 nitrogen and oxygen atoms in total. The molecule has 1 saturated heterocycles. The molecule has 14 heavy (non-hydrogen) atoms. The molecule has 0 bridgehead atoms. The highest BCUT2D eigenvalue weighted by Gasteiger charge is 2.32. The molecular weight excluding hydrogens is 202 g/mol. The highest BCUT2D eigenvalue weighted by Crippen LogP contribution is 2.36. The third-order valence-corrected chi connectivity index (χ3v) is 3.08. The van der Waals surface area contributed by atoms with Gasteiger partial charge in [-0.15, -0.1) is 0 Å². The molecule has 6 heteroatoms. The molecular formula is C8H9N3O2S. The number of nitrogens with zero attached hydrogens (tertiary/aromatic N) is 2. The Morgan fingerprint density at radius 2 is 2.21 bits per heavy atom. The molecule has 2 unspecified atom stereocenters. The van der Waals surface area contributed by atoms with E-state index in [1.165, 1.54) is 18.0 Å². The number of benzene rings is 1. The highest BCUT2D eigenvalue weighted by atomic mass is 32.2. The van der Waals surface area contributed by atoms with Crippen LogP contribution in [0.15, 0.2) is 29.2 Å². The van der Waals surface area contributed by atoms with Gasteiger partial charge in [0, 0.05) is 12.6 Å². The summed E-state index contributed by atoms with van der Waals surface area (Å²) >= 11 is 1.34. The Morgan fingerprint density at radius 3 is 2.79 bits per heavy atom. The van der Waals surface area contributed by atoms with Crippen LogP contribution in [0.25, 0.3) is 0 Å². The number of hydrogen-bond acceptors (Lipinski definition) is 5. The lowest BCUT2D eigenvalue weighted by Crippen LogP contribution is -2.04. The minimum absolute atomic E-state index is 0.0415. The van der Waals surface area contributed by atoms with Crippen molar-refractivity contribution in [1.29, 1.82) is 0 Å². The summed E-state index contributed by atoms with van der Waals surface area (Å²) in [6.45, 7) is 0.788. The van der Waals surface area contributed by atoms with Crippen LogP contribution in [0.1, 0.15) is 0 Å². The second-order valence-corrected chi connectivity index (χ2v) is 4.07. The molecule has 1 aliphatic rings. The first-order valence-corrected chi connectivity index (χ1v) is 4.89. The maximum absolute atomic E-state index is 10.6. The SMILES string of the molecule is NC1CN1Sc1ccccc1[N+](=O)[O-]. The lowest BCUT2D eigenvalue weighted by Gasteiger charge is -2.01. The van der Waals surface area contributed by atoms with E-state index in [4.69, 9.17) is 5.73 Å². The predicted octanol–water partition coefficient (Wildman–Crippen LogP) is 1.20. The zero-order valence-electron chi connectivity index (χ0n) is 7.29. The third-order valence-electron chi connectivity index (χ3n) is 1.88. The number of nitrogens with two attached hydrogens (primary N) is 1. The molecule has 2 rings (SSSR count). The van der Waals surface area contributed by atoms with E-state index in [1.807, 2.05) is 4.31 Å². The first-order chi connectivity index (χ1) is 6.68. The average molecular weight is 211 g/mol. The Labute approximate surface area is 85.2 Å². The number of para-hydroxylation sites is 1. The van der Waals surface area contributed by atoms with Crippen LogP contribution in [0, 0.1) is 10.1 Å². The van der Waals surface area contributed by atoms with Gasteiger partial charge in [-0.25, -0.2) is 4.31 Å². The third kappa shape index (κ3) is 1.87. The van der Waals surface area contributed by atoms with Crippen molar-refractivity contribution in [1.82, 2.24) is 4.31 Å². The van der Waals surface area contributed by atoms with Crippen LogP contribution in [0.4, 0.5) is 5.69 Å². The quantitative estimate of drug-likeness (QED) is 0.352. The monoisotopic (exact) mass is 211 g/mol. The van der Waals surface area contributed by atoms with Gasteiger partial charge in [-0.05, 0) is 18.0 Å². The summed E-state index contributed by atoms with van der Waals surface area (Å²) in [5, 5.41) is 10.6. The smallest absolute Gasteiger partial charge is 0.284 e. The van der Waals surface area contributed by atoms with Crippen molar-refractivity contribution in [3.8, 4) is 0 Å². The van der Waals surface area contributed by atoms with Gasteiger partial charge >= 0.3 is 0 Å². The Hall–Kier alpha value is -1.11. The van der Waals surface area contributed by atoms with Crippen molar-refractivity contribution < 1.29 is 4.92 Å². The van der Waals surface area contributed by atoms with E-state index in [0.717, 1.165) is 6.54 Å². The highest BCUT2D eigenvalue weighted by molar-refractivity contribution is 7.97. The first-order valence-electron chi connectivity index (χ1n) is 4.12. The molecule has 0 saturated carbocycles. The van der Waals surface area contributed by atoms with Gasteiger partial charge < -0.3 is 5.73 Å². The molecule has 2 atom stereocenters. The number of hydrogen-bond donors (Lipinski definition) is 1. The maximum Gasteiger partial charge on any atom is 0.284 e. The summed E-state index contributed by atoms with van der Waals surface area (Å²) in [6, 6.07) is 6.67. The van der Waals surface area contributed by atoms with Gasteiger partial charge in [-0.3, -0.25) is 10.1 Å². The fourth-order valence-electron chi connectivity index (χ4n) is 1.05. The van der Waals surface area contributed by atoms with Crippen molar-refractivity contribution in [3.05, 3.63) is 34.4 Å². The molecule has 1 fully saturated rings. The molecule has 1 aliphatic heterocycles. The van der Waals surface area contributed by atoms with Crippen molar-refractivity contribution in [2.45, 2.75) is 11.1 Å². The summed E-state index contributed by atoms with van der Waals surface area (Å²) < 4.78 is 1.89. The minimum Gasteiger partial charge on any atom is -0.314 e. The summed E-state index contributed by atoms with van der Waals surface area (Å²) in [5.41, 5.74) is 5.71. The second kappa shape index (κ2) is 3.56. The summed E-state index contributed by atoms with van der Waals surface area (Å²) in [7, 11) is 0. The molecule has 74 valence electrons. The van der Waals surface area contributed by atoms with Crippen LogP contribution in [0.3, 0.4) is 0 Å². The topological polar surface area (TPSA) is 72.2 Å². The van der Waals surface area contributed by atoms with Gasteiger partial charge in [0.05, 0.1) is 11.1 Å². The molecule has 0 aromatic heterocycles. The Bertz CT molecular complexity index is 371. The maximum atomic E-state index is 10.6. The Morgan fingerprint density at radius 1 is 1.57 bits per heavy atom. The average Bonchev–Trinajstić information content (AvgIpc) is 2.82. The standard InChI is InChI=1S/C8H9N3O2S/c9-8-5-10(8)14-7-4-2-1-3-6(7)11(12)13/h1-4,8H,5,9H2. The van der Waals surface area contributed by atoms with Crippen LogP contribution in [-0.4, -0.2) is 21.9 Å². The van der Waals surface area contributed by atoms with E-state index in [0.29, 0.717) is 4.90 Å². The van der Waals surface area contributed by atoms with Crippen LogP contribution < -0.4 is 5.73 Å². The van der Waals surface area contributed by atoms with Gasteiger partial charge in [0.25, 0.3) is 5.69 Å². The van der Waals surface area contributed by atoms with Gasteiger partial charge in [0.1, 0.15) is 4.90 Å². The number of nitro groups is 1. The molecule has 0 spiro atoms. The fraction of sp³-hybridized carbons (Fsp3) is 0.250. The minimum atomic E-state index is -0.378. The van der Waals surface area contributed by atoms with Crippen molar-refractivity contribution in [2.75, 3.05) is 6.54 Å². The van der Waals surface area contributed by atoms with E-state index >= 15 is 0 Å². The van der Waals surface area contributed by atoms with E-state index in [9.17, 15) is 10.1 Å². The van der Waals surface area contributed by atoms with Gasteiger partial charge in [-0.1, -0.05) is 12.1 Å². The molecule has 0 aliphatic carbocycles. The molecule has 2 N–H and O–H groups in total. The molecule has 1 aromatic rings. The Balaban J connectivity index is 2.19. The van der Waals surface area contributed by atoms with Crippen molar-refractivity contribution in [3.63, 3.8) is 0 Å². The van der Waals surface area contributed by atoms with E-state index in [1.54, 1.807) is 18.2 Å². The Kier molecular flexibility index (Phi) is 2.40. The van der Waals surface area contributed by atoms with Gasteiger partial charge in [-0.2, -0.15) is 0 Å². The van der Waals surface area contributed by atoms with Gasteiger partial charge in [0.15, 0.2) is 0 Å². The van der Waals surface area contributed by atoms with E-state index in [-0.39, 0.29) is 16.8 Å². The molecule has 1 heterocycles. The lowest BCUT2D eigenvalue weighted by molar-refractivity contribution is -0.387. The number of nitro benzene ring substituents is 1. The molecule has 0 radical (unpaired) electrons. The normalized spacial score (nSPS) is 24.6. The summed E-state index contributed by atoms with van der Waals surface area (Å²) in [4.78, 5) is 10.9. The largest absolute Gasteiger partial charge is 0.314 e. The van der Waals surface area contributed by atoms with Crippen LogP contribution in [0.5, 0.6) is 0 Å². The summed E-state index contributed by atoms with van der Waals surface area (Å²) in [5.74, 6) is 0. The lowest BCUT2D eigenvalue weighted by atomic mass is 10.3. The van der Waals surface area contributed by atoms with Crippen molar-refractivity contribution in [2.24, 2.45) is 5.73 Å². The first kappa shape index (κ1) is 9.45. The van der Waals surface area contributed by atoms with Crippen LogP contribution in [0.2, 0.25) is 0 Å². The summed E-state index contributed by atoms with van der Waals surface area (Å²) in [6.07, 6.45) is 0.0415. The molecule has 1 aromatic carbocycles. The van der Waals surface area contributed by atoms with Crippen LogP contribution >= 0.6 is 11.9 Å². The second-order valence-electron chi connectivity index (χ2n) is 2.98.